The number of nitrogens with one attached hydrogen (secondary N) is 2. The number of nitrogens with zero attached hydrogens (tertiary/aromatic N) is 2. The molecule has 2 N–H and O–H groups in total. The second-order valence-corrected chi connectivity index (χ2v) is 7.71. The van der Waals surface area contributed by atoms with Gasteiger partial charge in [-0.2, -0.15) is 0 Å². The molecule has 1 aliphatic rings. The van der Waals surface area contributed by atoms with Crippen LogP contribution in [0.15, 0.2) is 53.8 Å². The van der Waals surface area contributed by atoms with E-state index >= 15 is 0 Å². The monoisotopic (exact) mass is 478 g/mol. The Hall–Kier alpha value is -4.34. The molecule has 1 aromatic heterocycles. The number of aryl methyl sites for hydroxylation is 1. The van der Waals surface area contributed by atoms with Crippen molar-refractivity contribution in [3.05, 3.63) is 70.7 Å². The summed E-state index contributed by atoms with van der Waals surface area (Å²) in [5, 5.41) is 11.0. The van der Waals surface area contributed by atoms with Crippen LogP contribution in [0.4, 0.5) is 0 Å². The Kier molecular flexibility index (Phi) is 7.61. The highest BCUT2D eigenvalue weighted by Crippen LogP contribution is 2.32. The first kappa shape index (κ1) is 23.8. The van der Waals surface area contributed by atoms with E-state index in [9.17, 15) is 9.59 Å². The van der Waals surface area contributed by atoms with Crippen molar-refractivity contribution >= 4 is 5.91 Å². The molecule has 2 heterocycles. The van der Waals surface area contributed by atoms with Gasteiger partial charge in [0.25, 0.3) is 5.56 Å². The molecular formula is C25H26N4O6. The Morgan fingerprint density at radius 3 is 2.83 bits per heavy atom. The normalized spacial score (nSPS) is 11.7. The third kappa shape index (κ3) is 5.97. The number of benzene rings is 2. The maximum absolute atomic E-state index is 12.5. The summed E-state index contributed by atoms with van der Waals surface area (Å²) >= 11 is 0. The van der Waals surface area contributed by atoms with Crippen molar-refractivity contribution in [1.82, 2.24) is 20.5 Å². The molecule has 0 bridgehead atoms. The molecule has 3 aromatic rings. The third-order valence-corrected chi connectivity index (χ3v) is 5.30. The number of H-pyrrole nitrogens is 1. The van der Waals surface area contributed by atoms with Gasteiger partial charge in [0.05, 0.1) is 13.7 Å². The van der Waals surface area contributed by atoms with Gasteiger partial charge in [-0.1, -0.05) is 12.1 Å². The summed E-state index contributed by atoms with van der Waals surface area (Å²) < 4.78 is 21.7. The molecule has 0 unspecified atom stereocenters. The number of amides is 1. The SMILES string of the molecule is C=CCCOc1ccc(-c2nnc(CCC(=O)NCc3ccc4c(c3)OCO4)c(=O)[nH]2)cc1OC. The first-order valence-electron chi connectivity index (χ1n) is 11.1. The summed E-state index contributed by atoms with van der Waals surface area (Å²) in [5.74, 6) is 2.53. The fourth-order valence-corrected chi connectivity index (χ4v) is 3.41. The zero-order valence-electron chi connectivity index (χ0n) is 19.3. The van der Waals surface area contributed by atoms with E-state index in [1.165, 1.54) is 7.11 Å². The summed E-state index contributed by atoms with van der Waals surface area (Å²) in [6.07, 6.45) is 2.74. The van der Waals surface area contributed by atoms with Crippen molar-refractivity contribution in [2.75, 3.05) is 20.5 Å². The van der Waals surface area contributed by atoms with E-state index < -0.39 is 5.56 Å². The van der Waals surface area contributed by atoms with Gasteiger partial charge < -0.3 is 29.2 Å². The number of carbonyl (C=O) groups excluding carboxylic acids is 1. The fourth-order valence-electron chi connectivity index (χ4n) is 3.41. The number of methoxy groups -OCH3 is 1. The molecule has 10 nitrogen and oxygen atoms in total. The molecule has 0 aliphatic carbocycles. The first-order valence-corrected chi connectivity index (χ1v) is 11.1. The van der Waals surface area contributed by atoms with Gasteiger partial charge in [-0.25, -0.2) is 0 Å². The second kappa shape index (κ2) is 11.2. The number of carbonyl (C=O) groups is 1. The van der Waals surface area contributed by atoms with Crippen molar-refractivity contribution in [2.24, 2.45) is 0 Å². The average molecular weight is 479 g/mol. The molecule has 0 spiro atoms. The van der Waals surface area contributed by atoms with Crippen molar-refractivity contribution in [2.45, 2.75) is 25.8 Å². The zero-order chi connectivity index (χ0) is 24.6. The smallest absolute Gasteiger partial charge is 0.273 e. The Labute approximate surface area is 201 Å². The van der Waals surface area contributed by atoms with Crippen molar-refractivity contribution in [1.29, 1.82) is 0 Å². The predicted octanol–water partition coefficient (Wildman–Crippen LogP) is 2.77. The van der Waals surface area contributed by atoms with E-state index in [1.807, 2.05) is 12.1 Å². The van der Waals surface area contributed by atoms with E-state index in [4.69, 9.17) is 18.9 Å². The lowest BCUT2D eigenvalue weighted by Gasteiger charge is -2.11. The molecule has 35 heavy (non-hydrogen) atoms. The number of rotatable bonds is 11. The Bertz CT molecular complexity index is 1270. The molecule has 0 saturated heterocycles. The summed E-state index contributed by atoms with van der Waals surface area (Å²) in [6, 6.07) is 10.7. The van der Waals surface area contributed by atoms with Crippen LogP contribution in [-0.4, -0.2) is 41.6 Å². The summed E-state index contributed by atoms with van der Waals surface area (Å²) in [4.78, 5) is 27.5. The Morgan fingerprint density at radius 2 is 2.03 bits per heavy atom. The number of aromatic nitrogens is 3. The van der Waals surface area contributed by atoms with Gasteiger partial charge in [-0.05, 0) is 42.3 Å². The van der Waals surface area contributed by atoms with Gasteiger partial charge >= 0.3 is 0 Å². The average Bonchev–Trinajstić information content (AvgIpc) is 3.35. The molecule has 0 atom stereocenters. The van der Waals surface area contributed by atoms with Crippen LogP contribution in [0.1, 0.15) is 24.1 Å². The summed E-state index contributed by atoms with van der Waals surface area (Å²) in [6.45, 7) is 4.69. The van der Waals surface area contributed by atoms with E-state index in [-0.39, 0.29) is 31.2 Å². The quantitative estimate of drug-likeness (QED) is 0.318. The number of ether oxygens (including phenoxy) is 4. The zero-order valence-corrected chi connectivity index (χ0v) is 19.3. The topological polar surface area (TPSA) is 125 Å². The second-order valence-electron chi connectivity index (χ2n) is 7.71. The van der Waals surface area contributed by atoms with E-state index in [2.05, 4.69) is 27.1 Å². The minimum Gasteiger partial charge on any atom is -0.493 e. The van der Waals surface area contributed by atoms with Crippen LogP contribution < -0.4 is 29.8 Å². The number of hydrogen-bond acceptors (Lipinski definition) is 8. The molecule has 0 radical (unpaired) electrons. The third-order valence-electron chi connectivity index (χ3n) is 5.30. The number of fused-ring (bicyclic) bond motifs is 1. The van der Waals surface area contributed by atoms with E-state index in [0.717, 1.165) is 5.56 Å². The fraction of sp³-hybridized carbons (Fsp3) is 0.280. The van der Waals surface area contributed by atoms with Crippen LogP contribution in [0.2, 0.25) is 0 Å². The Balaban J connectivity index is 1.33. The van der Waals surface area contributed by atoms with Crippen molar-refractivity contribution in [3.63, 3.8) is 0 Å². The Morgan fingerprint density at radius 1 is 1.17 bits per heavy atom. The number of hydrogen-bond donors (Lipinski definition) is 2. The molecule has 1 amide bonds. The lowest BCUT2D eigenvalue weighted by Crippen LogP contribution is -2.25. The predicted molar refractivity (Wildman–Crippen MR) is 128 cm³/mol. The van der Waals surface area contributed by atoms with Gasteiger partial charge in [-0.15, -0.1) is 16.8 Å². The van der Waals surface area contributed by atoms with Crippen LogP contribution in [0.3, 0.4) is 0 Å². The molecule has 182 valence electrons. The molecule has 1 aliphatic heterocycles. The lowest BCUT2D eigenvalue weighted by atomic mass is 10.2. The van der Waals surface area contributed by atoms with Crippen molar-refractivity contribution in [3.8, 4) is 34.4 Å². The number of aromatic amines is 1. The van der Waals surface area contributed by atoms with Gasteiger partial charge in [0.15, 0.2) is 28.8 Å². The van der Waals surface area contributed by atoms with Crippen LogP contribution >= 0.6 is 0 Å². The van der Waals surface area contributed by atoms with Crippen LogP contribution in [-0.2, 0) is 17.8 Å². The first-order chi connectivity index (χ1) is 17.1. The van der Waals surface area contributed by atoms with Crippen LogP contribution in [0, 0.1) is 0 Å². The van der Waals surface area contributed by atoms with Gasteiger partial charge in [0, 0.05) is 24.9 Å². The minimum atomic E-state index is -0.399. The molecular weight excluding hydrogens is 452 g/mol. The summed E-state index contributed by atoms with van der Waals surface area (Å²) in [5.41, 5.74) is 1.29. The molecule has 0 fully saturated rings. The minimum absolute atomic E-state index is 0.103. The maximum atomic E-state index is 12.5. The highest BCUT2D eigenvalue weighted by molar-refractivity contribution is 5.76. The van der Waals surface area contributed by atoms with Crippen molar-refractivity contribution < 1.29 is 23.7 Å². The highest BCUT2D eigenvalue weighted by atomic mass is 16.7. The van der Waals surface area contributed by atoms with E-state index in [0.29, 0.717) is 54.0 Å². The summed E-state index contributed by atoms with van der Waals surface area (Å²) in [7, 11) is 1.54. The standard InChI is InChI=1S/C25H26N4O6/c1-3-4-11-33-19-9-6-17(13-21(19)32-2)24-27-25(31)18(28-29-24)7-10-23(30)26-14-16-5-8-20-22(12-16)35-15-34-20/h3,5-6,8-9,12-13H,1,4,7,10-11,14-15H2,2H3,(H,26,30)(H,27,29,31). The van der Waals surface area contributed by atoms with Crippen LogP contribution in [0.25, 0.3) is 11.4 Å². The maximum Gasteiger partial charge on any atom is 0.273 e. The molecule has 2 aromatic carbocycles. The highest BCUT2D eigenvalue weighted by Gasteiger charge is 2.15. The molecule has 0 saturated carbocycles. The van der Waals surface area contributed by atoms with E-state index in [1.54, 1.807) is 30.3 Å². The van der Waals surface area contributed by atoms with Gasteiger partial charge in [0.1, 0.15) is 5.69 Å². The molecule has 4 rings (SSSR count). The van der Waals surface area contributed by atoms with Gasteiger partial charge in [0.2, 0.25) is 12.7 Å². The van der Waals surface area contributed by atoms with Gasteiger partial charge in [-0.3, -0.25) is 9.59 Å². The van der Waals surface area contributed by atoms with Crippen LogP contribution in [0.5, 0.6) is 23.0 Å². The molecule has 10 heteroatoms. The lowest BCUT2D eigenvalue weighted by molar-refractivity contribution is -0.121. The largest absolute Gasteiger partial charge is 0.493 e.